The number of benzene rings is 2. The predicted molar refractivity (Wildman–Crippen MR) is 164 cm³/mol. The summed E-state index contributed by atoms with van der Waals surface area (Å²) in [4.78, 5) is 37.1. The van der Waals surface area contributed by atoms with Gasteiger partial charge in [0.25, 0.3) is 5.69 Å². The lowest BCUT2D eigenvalue weighted by molar-refractivity contribution is -0.385. The molecule has 2 heterocycles. The summed E-state index contributed by atoms with van der Waals surface area (Å²) in [6.45, 7) is 13.0. The number of nitro benzene ring substituents is 1. The molecule has 12 nitrogen and oxygen atoms in total. The van der Waals surface area contributed by atoms with Crippen LogP contribution in [0.1, 0.15) is 54.4 Å². The number of nitrogens with zero attached hydrogens (tertiary/aromatic N) is 3. The molecule has 4 N–H and O–H groups in total. The SMILES string of the molecule is CC(C)(C)OC(=O)N[C@@H]1CCN(c2ccc(N)cc2F)C1.CC(C)(C)OC(=O)N[C@@H]1CCN(c2ccc([N+](=O)[O-])cc2F)C1. The van der Waals surface area contributed by atoms with Crippen LogP contribution in [0.2, 0.25) is 0 Å². The number of nitrogens with two attached hydrogens (primary N) is 1. The van der Waals surface area contributed by atoms with Crippen molar-refractivity contribution in [2.45, 2.75) is 77.7 Å². The van der Waals surface area contributed by atoms with Gasteiger partial charge >= 0.3 is 12.2 Å². The summed E-state index contributed by atoms with van der Waals surface area (Å²) in [5.74, 6) is -0.981. The Kier molecular flexibility index (Phi) is 10.8. The molecule has 2 atom stereocenters. The van der Waals surface area contributed by atoms with E-state index in [9.17, 15) is 28.5 Å². The van der Waals surface area contributed by atoms with E-state index in [-0.39, 0.29) is 23.6 Å². The van der Waals surface area contributed by atoms with Crippen molar-refractivity contribution in [3.63, 3.8) is 0 Å². The van der Waals surface area contributed by atoms with Gasteiger partial charge in [-0.05, 0) is 78.6 Å². The fraction of sp³-hybridized carbons (Fsp3) is 0.533. The number of rotatable bonds is 5. The summed E-state index contributed by atoms with van der Waals surface area (Å²) in [6.07, 6.45) is 0.458. The number of alkyl carbamates (subject to hydrolysis) is 2. The minimum absolute atomic E-state index is 0.0446. The van der Waals surface area contributed by atoms with Gasteiger partial charge in [0, 0.05) is 37.9 Å². The van der Waals surface area contributed by atoms with Crippen molar-refractivity contribution in [3.8, 4) is 0 Å². The van der Waals surface area contributed by atoms with E-state index in [0.717, 1.165) is 12.5 Å². The maximum atomic E-state index is 14.0. The molecule has 2 aromatic carbocycles. The average molecular weight is 621 g/mol. The Bertz CT molecular complexity index is 1350. The molecular weight excluding hydrogens is 578 g/mol. The van der Waals surface area contributed by atoms with Crippen LogP contribution in [-0.2, 0) is 9.47 Å². The molecule has 14 heteroatoms. The first-order valence-electron chi connectivity index (χ1n) is 14.4. The zero-order valence-electron chi connectivity index (χ0n) is 26.0. The van der Waals surface area contributed by atoms with E-state index in [0.29, 0.717) is 49.7 Å². The molecule has 0 bridgehead atoms. The second-order valence-electron chi connectivity index (χ2n) is 12.8. The number of nitro groups is 1. The maximum Gasteiger partial charge on any atom is 0.407 e. The molecule has 2 aliphatic heterocycles. The molecule has 44 heavy (non-hydrogen) atoms. The number of carbonyl (C=O) groups excluding carboxylic acids is 2. The number of hydrogen-bond donors (Lipinski definition) is 3. The summed E-state index contributed by atoms with van der Waals surface area (Å²) >= 11 is 0. The van der Waals surface area contributed by atoms with Crippen LogP contribution in [0.4, 0.5) is 41.1 Å². The van der Waals surface area contributed by atoms with Crippen LogP contribution in [0.5, 0.6) is 0 Å². The minimum Gasteiger partial charge on any atom is -0.444 e. The van der Waals surface area contributed by atoms with Gasteiger partial charge < -0.3 is 35.6 Å². The molecule has 2 aromatic rings. The lowest BCUT2D eigenvalue weighted by Gasteiger charge is -2.22. The summed E-state index contributed by atoms with van der Waals surface area (Å²) in [7, 11) is 0. The molecule has 0 aromatic heterocycles. The molecule has 2 aliphatic rings. The molecular formula is C30H42F2N6O6. The van der Waals surface area contributed by atoms with Crippen molar-refractivity contribution in [1.82, 2.24) is 10.6 Å². The van der Waals surface area contributed by atoms with E-state index in [1.165, 1.54) is 18.2 Å². The standard InChI is InChI=1S/C15H20FN3O4.C15H22FN3O2/c1-15(2,3)23-14(20)17-10-6-7-18(9-10)13-5-4-11(19(21)22)8-12(13)16;1-15(2,3)21-14(20)18-11-6-7-19(9-11)13-5-4-10(17)8-12(13)16/h4-5,8,10H,6-7,9H2,1-3H3,(H,17,20);4-5,8,11H,6-7,9,17H2,1-3H3,(H,18,20)/t10-;11-/m11/s1. The van der Waals surface area contributed by atoms with Gasteiger partial charge in [0.2, 0.25) is 0 Å². The Balaban J connectivity index is 0.000000241. The van der Waals surface area contributed by atoms with Gasteiger partial charge in [-0.3, -0.25) is 10.1 Å². The summed E-state index contributed by atoms with van der Waals surface area (Å²) in [5.41, 5.74) is 5.37. The molecule has 0 radical (unpaired) electrons. The third kappa shape index (κ3) is 10.4. The lowest BCUT2D eigenvalue weighted by atomic mass is 10.2. The molecule has 0 aliphatic carbocycles. The summed E-state index contributed by atoms with van der Waals surface area (Å²) in [5, 5.41) is 16.2. The Morgan fingerprint density at radius 3 is 1.66 bits per heavy atom. The van der Waals surface area contributed by atoms with E-state index >= 15 is 0 Å². The average Bonchev–Trinajstić information content (AvgIpc) is 3.51. The van der Waals surface area contributed by atoms with Gasteiger partial charge in [0.15, 0.2) is 5.82 Å². The second-order valence-corrected chi connectivity index (χ2v) is 12.8. The predicted octanol–water partition coefficient (Wildman–Crippen LogP) is 5.35. The second kappa shape index (κ2) is 14.0. The number of hydrogen-bond acceptors (Lipinski definition) is 9. The number of carbonyl (C=O) groups is 2. The highest BCUT2D eigenvalue weighted by atomic mass is 19.1. The van der Waals surface area contributed by atoms with Crippen LogP contribution < -0.4 is 26.2 Å². The van der Waals surface area contributed by atoms with Crippen molar-refractivity contribution in [2.24, 2.45) is 0 Å². The van der Waals surface area contributed by atoms with Gasteiger partial charge in [-0.1, -0.05) is 0 Å². The third-order valence-corrected chi connectivity index (χ3v) is 6.61. The number of ether oxygens (including phenoxy) is 2. The summed E-state index contributed by atoms with van der Waals surface area (Å²) in [6, 6.07) is 8.02. The fourth-order valence-electron chi connectivity index (χ4n) is 4.79. The number of halogens is 2. The Hall–Kier alpha value is -4.36. The topological polar surface area (TPSA) is 152 Å². The number of amides is 2. The highest BCUT2D eigenvalue weighted by Crippen LogP contribution is 2.28. The molecule has 0 spiro atoms. The number of nitrogens with one attached hydrogen (secondary N) is 2. The highest BCUT2D eigenvalue weighted by Gasteiger charge is 2.29. The van der Waals surface area contributed by atoms with Crippen molar-refractivity contribution in [3.05, 3.63) is 58.1 Å². The molecule has 2 fully saturated rings. The van der Waals surface area contributed by atoms with Gasteiger partial charge in [-0.2, -0.15) is 0 Å². The molecule has 4 rings (SSSR count). The molecule has 2 saturated heterocycles. The van der Waals surface area contributed by atoms with Crippen molar-refractivity contribution in [2.75, 3.05) is 41.7 Å². The Labute approximate surface area is 256 Å². The van der Waals surface area contributed by atoms with E-state index < -0.39 is 34.1 Å². The molecule has 242 valence electrons. The van der Waals surface area contributed by atoms with Crippen LogP contribution in [0, 0.1) is 21.7 Å². The molecule has 0 unspecified atom stereocenters. The van der Waals surface area contributed by atoms with Crippen LogP contribution in [0.3, 0.4) is 0 Å². The van der Waals surface area contributed by atoms with Crippen molar-refractivity contribution < 1.29 is 32.8 Å². The van der Waals surface area contributed by atoms with Gasteiger partial charge in [-0.15, -0.1) is 0 Å². The van der Waals surface area contributed by atoms with E-state index in [4.69, 9.17) is 15.2 Å². The molecule has 2 amide bonds. The van der Waals surface area contributed by atoms with Crippen LogP contribution in [0.25, 0.3) is 0 Å². The first kappa shape index (κ1) is 34.1. The normalized spacial score (nSPS) is 18.3. The number of non-ortho nitro benzene ring substituents is 1. The van der Waals surface area contributed by atoms with Crippen molar-refractivity contribution in [1.29, 1.82) is 0 Å². The minimum atomic E-state index is -0.642. The molecule has 0 saturated carbocycles. The van der Waals surface area contributed by atoms with Crippen LogP contribution >= 0.6 is 0 Å². The smallest absolute Gasteiger partial charge is 0.407 e. The van der Waals surface area contributed by atoms with Crippen LogP contribution in [-0.4, -0.2) is 66.6 Å². The zero-order chi connectivity index (χ0) is 32.8. The maximum absolute atomic E-state index is 14.0. The Morgan fingerprint density at radius 2 is 1.27 bits per heavy atom. The van der Waals surface area contributed by atoms with Crippen molar-refractivity contribution >= 4 is 34.9 Å². The third-order valence-electron chi connectivity index (χ3n) is 6.61. The van der Waals surface area contributed by atoms with E-state index in [1.54, 1.807) is 37.8 Å². The lowest BCUT2D eigenvalue weighted by Crippen LogP contribution is -2.40. The monoisotopic (exact) mass is 620 g/mol. The zero-order valence-corrected chi connectivity index (χ0v) is 26.0. The largest absolute Gasteiger partial charge is 0.444 e. The first-order valence-corrected chi connectivity index (χ1v) is 14.4. The van der Waals surface area contributed by atoms with E-state index in [2.05, 4.69) is 10.6 Å². The number of nitrogen functional groups attached to an aromatic ring is 1. The van der Waals surface area contributed by atoms with Gasteiger partial charge in [0.05, 0.1) is 34.4 Å². The highest BCUT2D eigenvalue weighted by molar-refractivity contribution is 5.69. The summed E-state index contributed by atoms with van der Waals surface area (Å²) < 4.78 is 38.3. The van der Waals surface area contributed by atoms with Gasteiger partial charge in [0.1, 0.15) is 17.0 Å². The Morgan fingerprint density at radius 1 is 0.841 bits per heavy atom. The van der Waals surface area contributed by atoms with Gasteiger partial charge in [-0.25, -0.2) is 18.4 Å². The number of anilines is 3. The van der Waals surface area contributed by atoms with E-state index in [1.807, 2.05) is 25.7 Å². The fourth-order valence-corrected chi connectivity index (χ4v) is 4.79. The van der Waals surface area contributed by atoms with Crippen LogP contribution in [0.15, 0.2) is 36.4 Å². The quantitative estimate of drug-likeness (QED) is 0.228. The first-order chi connectivity index (χ1) is 20.4.